The standard InChI is InChI=1S/C22H21N3O2S/c1-2-27-21(26)18(23)14-19-20(24-22-25(19)12-13-28-22)17-10-8-16(9-11-17)15-6-4-3-5-7-15/h3-13,18H,2,14,23H2,1H3. The van der Waals surface area contributed by atoms with E-state index in [-0.39, 0.29) is 0 Å². The maximum Gasteiger partial charge on any atom is 0.323 e. The average Bonchev–Trinajstić information content (AvgIpc) is 3.31. The number of carbonyl (C=O) groups is 1. The molecule has 0 aliphatic heterocycles. The van der Waals surface area contributed by atoms with Crippen LogP contribution in [0.25, 0.3) is 27.3 Å². The van der Waals surface area contributed by atoms with Gasteiger partial charge in [0.05, 0.1) is 18.0 Å². The Morgan fingerprint density at radius 3 is 2.50 bits per heavy atom. The first kappa shape index (κ1) is 18.4. The SMILES string of the molecule is CCOC(=O)C(N)Cc1c(-c2ccc(-c3ccccc3)cc2)nc2sccn12. The van der Waals surface area contributed by atoms with Crippen LogP contribution >= 0.6 is 11.3 Å². The number of hydrogen-bond donors (Lipinski definition) is 1. The highest BCUT2D eigenvalue weighted by molar-refractivity contribution is 7.15. The minimum atomic E-state index is -0.720. The molecular formula is C22H21N3O2S. The topological polar surface area (TPSA) is 69.6 Å². The molecule has 0 aliphatic carbocycles. The molecule has 2 heterocycles. The smallest absolute Gasteiger partial charge is 0.323 e. The summed E-state index contributed by atoms with van der Waals surface area (Å²) < 4.78 is 7.07. The van der Waals surface area contributed by atoms with Crippen molar-refractivity contribution in [3.63, 3.8) is 0 Å². The molecule has 6 heteroatoms. The number of imidazole rings is 1. The summed E-state index contributed by atoms with van der Waals surface area (Å²) in [6.07, 6.45) is 2.33. The van der Waals surface area contributed by atoms with Gasteiger partial charge < -0.3 is 10.5 Å². The quantitative estimate of drug-likeness (QED) is 0.501. The van der Waals surface area contributed by atoms with Gasteiger partial charge in [-0.3, -0.25) is 9.20 Å². The second kappa shape index (κ2) is 7.96. The van der Waals surface area contributed by atoms with Crippen LogP contribution in [0, 0.1) is 0 Å². The minimum Gasteiger partial charge on any atom is -0.465 e. The van der Waals surface area contributed by atoms with Crippen molar-refractivity contribution < 1.29 is 9.53 Å². The number of nitrogens with zero attached hydrogens (tertiary/aromatic N) is 2. The van der Waals surface area contributed by atoms with Crippen LogP contribution in [0.2, 0.25) is 0 Å². The van der Waals surface area contributed by atoms with Gasteiger partial charge in [-0.1, -0.05) is 54.6 Å². The Hall–Kier alpha value is -2.96. The fourth-order valence-electron chi connectivity index (χ4n) is 3.25. The van der Waals surface area contributed by atoms with Crippen molar-refractivity contribution in [2.75, 3.05) is 6.61 Å². The van der Waals surface area contributed by atoms with E-state index < -0.39 is 12.0 Å². The van der Waals surface area contributed by atoms with E-state index in [1.807, 2.05) is 34.2 Å². The first-order chi connectivity index (χ1) is 13.7. The van der Waals surface area contributed by atoms with Gasteiger partial charge in [-0.2, -0.15) is 0 Å². The first-order valence-electron chi connectivity index (χ1n) is 9.20. The van der Waals surface area contributed by atoms with Crippen LogP contribution in [0.3, 0.4) is 0 Å². The first-order valence-corrected chi connectivity index (χ1v) is 10.1. The van der Waals surface area contributed by atoms with Crippen LogP contribution in [0.4, 0.5) is 0 Å². The lowest BCUT2D eigenvalue weighted by atomic mass is 10.0. The maximum atomic E-state index is 12.0. The maximum absolute atomic E-state index is 12.0. The molecule has 0 fully saturated rings. The molecule has 0 amide bonds. The molecule has 5 nitrogen and oxygen atoms in total. The van der Waals surface area contributed by atoms with E-state index in [1.54, 1.807) is 18.3 Å². The predicted molar refractivity (Wildman–Crippen MR) is 112 cm³/mol. The van der Waals surface area contributed by atoms with Gasteiger partial charge >= 0.3 is 5.97 Å². The molecule has 2 N–H and O–H groups in total. The van der Waals surface area contributed by atoms with E-state index in [0.717, 1.165) is 27.5 Å². The van der Waals surface area contributed by atoms with E-state index in [2.05, 4.69) is 36.4 Å². The van der Waals surface area contributed by atoms with Gasteiger partial charge in [0, 0.05) is 23.6 Å². The van der Waals surface area contributed by atoms with Gasteiger partial charge in [-0.25, -0.2) is 4.98 Å². The number of thiazole rings is 1. The second-order valence-corrected chi connectivity index (χ2v) is 7.34. The molecular weight excluding hydrogens is 370 g/mol. The third-order valence-electron chi connectivity index (χ3n) is 4.63. The lowest BCUT2D eigenvalue weighted by molar-refractivity contribution is -0.144. The van der Waals surface area contributed by atoms with Crippen LogP contribution in [0.15, 0.2) is 66.2 Å². The van der Waals surface area contributed by atoms with Gasteiger partial charge in [0.15, 0.2) is 4.96 Å². The van der Waals surface area contributed by atoms with Gasteiger partial charge in [0.25, 0.3) is 0 Å². The fourth-order valence-corrected chi connectivity index (χ4v) is 3.98. The normalized spacial score (nSPS) is 12.2. The second-order valence-electron chi connectivity index (χ2n) is 6.47. The third kappa shape index (κ3) is 3.56. The number of esters is 1. The highest BCUT2D eigenvalue weighted by Crippen LogP contribution is 2.29. The third-order valence-corrected chi connectivity index (χ3v) is 5.39. The Morgan fingerprint density at radius 2 is 1.79 bits per heavy atom. The molecule has 0 spiro atoms. The van der Waals surface area contributed by atoms with Crippen molar-refractivity contribution in [1.29, 1.82) is 0 Å². The molecule has 1 atom stereocenters. The monoisotopic (exact) mass is 391 g/mol. The van der Waals surface area contributed by atoms with E-state index >= 15 is 0 Å². The fraction of sp³-hybridized carbons (Fsp3) is 0.182. The highest BCUT2D eigenvalue weighted by atomic mass is 32.1. The van der Waals surface area contributed by atoms with Crippen LogP contribution in [-0.4, -0.2) is 28.0 Å². The van der Waals surface area contributed by atoms with E-state index in [4.69, 9.17) is 15.5 Å². The zero-order chi connectivity index (χ0) is 19.5. The van der Waals surface area contributed by atoms with Crippen LogP contribution in [0.5, 0.6) is 0 Å². The van der Waals surface area contributed by atoms with Crippen molar-refractivity contribution in [1.82, 2.24) is 9.38 Å². The Kier molecular flexibility index (Phi) is 5.23. The molecule has 4 rings (SSSR count). The largest absolute Gasteiger partial charge is 0.465 e. The molecule has 4 aromatic rings. The summed E-state index contributed by atoms with van der Waals surface area (Å²) in [4.78, 5) is 17.7. The van der Waals surface area contributed by atoms with E-state index in [9.17, 15) is 4.79 Å². The zero-order valence-electron chi connectivity index (χ0n) is 15.5. The van der Waals surface area contributed by atoms with Crippen molar-refractivity contribution in [3.8, 4) is 22.4 Å². The molecule has 28 heavy (non-hydrogen) atoms. The van der Waals surface area contributed by atoms with Crippen molar-refractivity contribution >= 4 is 22.3 Å². The Labute approximate surface area is 167 Å². The van der Waals surface area contributed by atoms with E-state index in [0.29, 0.717) is 13.0 Å². The lowest BCUT2D eigenvalue weighted by Crippen LogP contribution is -2.34. The number of hydrogen-bond acceptors (Lipinski definition) is 5. The van der Waals surface area contributed by atoms with E-state index in [1.165, 1.54) is 5.56 Å². The Bertz CT molecular complexity index is 1080. The minimum absolute atomic E-state index is 0.320. The van der Waals surface area contributed by atoms with Gasteiger partial charge in [-0.15, -0.1) is 11.3 Å². The summed E-state index contributed by atoms with van der Waals surface area (Å²) in [7, 11) is 0. The summed E-state index contributed by atoms with van der Waals surface area (Å²) in [5.41, 5.74) is 11.2. The molecule has 142 valence electrons. The van der Waals surface area contributed by atoms with Gasteiger partial charge in [0.2, 0.25) is 0 Å². The summed E-state index contributed by atoms with van der Waals surface area (Å²) in [6.45, 7) is 2.10. The lowest BCUT2D eigenvalue weighted by Gasteiger charge is -2.11. The molecule has 1 unspecified atom stereocenters. The number of carbonyl (C=O) groups excluding carboxylic acids is 1. The Morgan fingerprint density at radius 1 is 1.11 bits per heavy atom. The number of nitrogens with two attached hydrogens (primary N) is 1. The number of fused-ring (bicyclic) bond motifs is 1. The summed E-state index contributed by atoms with van der Waals surface area (Å²) in [6, 6.07) is 17.8. The molecule has 2 aromatic heterocycles. The predicted octanol–water partition coefficient (Wildman–Crippen LogP) is 4.16. The number of ether oxygens (including phenoxy) is 1. The average molecular weight is 391 g/mol. The Balaban J connectivity index is 1.69. The summed E-state index contributed by atoms with van der Waals surface area (Å²) in [5, 5.41) is 1.98. The zero-order valence-corrected chi connectivity index (χ0v) is 16.4. The van der Waals surface area contributed by atoms with Crippen LogP contribution in [-0.2, 0) is 16.0 Å². The van der Waals surface area contributed by atoms with Crippen molar-refractivity contribution in [2.24, 2.45) is 5.73 Å². The number of benzene rings is 2. The molecule has 0 aliphatic rings. The van der Waals surface area contributed by atoms with Crippen LogP contribution in [0.1, 0.15) is 12.6 Å². The molecule has 0 saturated carbocycles. The molecule has 2 aromatic carbocycles. The number of aromatic nitrogens is 2. The van der Waals surface area contributed by atoms with Crippen molar-refractivity contribution in [3.05, 3.63) is 71.9 Å². The van der Waals surface area contributed by atoms with Crippen LogP contribution < -0.4 is 5.73 Å². The molecule has 0 saturated heterocycles. The van der Waals surface area contributed by atoms with Crippen molar-refractivity contribution in [2.45, 2.75) is 19.4 Å². The number of rotatable bonds is 6. The van der Waals surface area contributed by atoms with Gasteiger partial charge in [-0.05, 0) is 18.1 Å². The molecule has 0 bridgehead atoms. The van der Waals surface area contributed by atoms with Gasteiger partial charge in [0.1, 0.15) is 6.04 Å². The summed E-state index contributed by atoms with van der Waals surface area (Å²) >= 11 is 1.56. The highest BCUT2D eigenvalue weighted by Gasteiger charge is 2.22. The summed E-state index contributed by atoms with van der Waals surface area (Å²) in [5.74, 6) is -0.391. The molecule has 0 radical (unpaired) electrons.